The Kier molecular flexibility index (Phi) is 9.63. The summed E-state index contributed by atoms with van der Waals surface area (Å²) < 4.78 is 0. The maximum absolute atomic E-state index is 11.4. The van der Waals surface area contributed by atoms with Gasteiger partial charge in [0.2, 0.25) is 11.8 Å². The van der Waals surface area contributed by atoms with Crippen LogP contribution in [0.25, 0.3) is 0 Å². The van der Waals surface area contributed by atoms with Crippen LogP contribution in [0.2, 0.25) is 0 Å². The molecule has 0 saturated carbocycles. The summed E-state index contributed by atoms with van der Waals surface area (Å²) in [5.74, 6) is -6.47. The number of aliphatic carboxylic acids is 2. The van der Waals surface area contributed by atoms with Gasteiger partial charge in [-0.1, -0.05) is 0 Å². The first-order valence-electron chi connectivity index (χ1n) is 6.07. The summed E-state index contributed by atoms with van der Waals surface area (Å²) in [7, 11) is 0. The molecule has 2 unspecified atom stereocenters. The molecule has 0 bridgehead atoms. The van der Waals surface area contributed by atoms with Gasteiger partial charge < -0.3 is 20.8 Å². The highest BCUT2D eigenvalue weighted by Crippen LogP contribution is 2.00. The lowest BCUT2D eigenvalue weighted by Crippen LogP contribution is -2.39. The van der Waals surface area contributed by atoms with Crippen molar-refractivity contribution in [2.24, 2.45) is 11.8 Å². The van der Waals surface area contributed by atoms with Crippen LogP contribution in [0.3, 0.4) is 0 Å². The van der Waals surface area contributed by atoms with Crippen LogP contribution in [0, 0.1) is 11.8 Å². The van der Waals surface area contributed by atoms with Crippen molar-refractivity contribution in [2.75, 3.05) is 24.6 Å². The molecule has 0 aliphatic carbocycles. The Labute approximate surface area is 132 Å². The van der Waals surface area contributed by atoms with Crippen LogP contribution in [0.1, 0.15) is 6.42 Å². The van der Waals surface area contributed by atoms with Gasteiger partial charge in [-0.25, -0.2) is 0 Å². The van der Waals surface area contributed by atoms with Crippen molar-refractivity contribution in [1.29, 1.82) is 0 Å². The van der Waals surface area contributed by atoms with Crippen molar-refractivity contribution >= 4 is 49.0 Å². The van der Waals surface area contributed by atoms with E-state index in [9.17, 15) is 19.2 Å². The lowest BCUT2D eigenvalue weighted by atomic mass is 10.1. The first-order valence-corrected chi connectivity index (χ1v) is 7.34. The molecule has 21 heavy (non-hydrogen) atoms. The first-order chi connectivity index (χ1) is 9.84. The third kappa shape index (κ3) is 7.23. The Morgan fingerprint density at radius 2 is 1.14 bits per heavy atom. The Morgan fingerprint density at radius 1 is 0.810 bits per heavy atom. The number of carboxylic acid groups (broad SMARTS) is 2. The van der Waals surface area contributed by atoms with Gasteiger partial charge in [-0.3, -0.25) is 19.2 Å². The number of nitrogens with one attached hydrogen (secondary N) is 2. The molecule has 0 heterocycles. The van der Waals surface area contributed by atoms with E-state index < -0.39 is 35.6 Å². The molecule has 0 rings (SSSR count). The van der Waals surface area contributed by atoms with E-state index in [1.807, 2.05) is 0 Å². The lowest BCUT2D eigenvalue weighted by molar-refractivity contribution is -0.147. The topological polar surface area (TPSA) is 133 Å². The minimum atomic E-state index is -1.26. The predicted octanol–water partition coefficient (Wildman–Crippen LogP) is -1.13. The molecule has 120 valence electrons. The second kappa shape index (κ2) is 10.3. The monoisotopic (exact) mass is 338 g/mol. The fraction of sp³-hybridized carbons (Fsp3) is 0.636. The average Bonchev–Trinajstić information content (AvgIpc) is 2.38. The van der Waals surface area contributed by atoms with Gasteiger partial charge in [0, 0.05) is 24.6 Å². The van der Waals surface area contributed by atoms with Gasteiger partial charge in [-0.2, -0.15) is 25.3 Å². The highest BCUT2D eigenvalue weighted by atomic mass is 32.1. The van der Waals surface area contributed by atoms with E-state index in [0.29, 0.717) is 6.42 Å². The van der Waals surface area contributed by atoms with Crippen molar-refractivity contribution in [1.82, 2.24) is 10.6 Å². The molecule has 0 aliphatic rings. The van der Waals surface area contributed by atoms with Crippen LogP contribution in [0.4, 0.5) is 0 Å². The summed E-state index contributed by atoms with van der Waals surface area (Å²) in [6.07, 6.45) is 0.343. The molecular weight excluding hydrogens is 320 g/mol. The van der Waals surface area contributed by atoms with E-state index >= 15 is 0 Å². The van der Waals surface area contributed by atoms with Crippen LogP contribution in [-0.4, -0.2) is 58.6 Å². The number of carbonyl (C=O) groups excluding carboxylic acids is 2. The van der Waals surface area contributed by atoms with Crippen LogP contribution in [0.5, 0.6) is 0 Å². The molecule has 0 aromatic carbocycles. The summed E-state index contributed by atoms with van der Waals surface area (Å²) >= 11 is 7.55. The zero-order chi connectivity index (χ0) is 16.4. The minimum absolute atomic E-state index is 0.111. The third-order valence-electron chi connectivity index (χ3n) is 2.55. The maximum atomic E-state index is 11.4. The molecule has 2 atom stereocenters. The fourth-order valence-corrected chi connectivity index (χ4v) is 1.95. The highest BCUT2D eigenvalue weighted by Gasteiger charge is 2.25. The summed E-state index contributed by atoms with van der Waals surface area (Å²) in [6.45, 7) is 0.324. The molecule has 0 aromatic heterocycles. The Bertz CT molecular complexity index is 368. The minimum Gasteiger partial charge on any atom is -0.481 e. The number of hydrogen-bond acceptors (Lipinski definition) is 6. The number of amides is 2. The fourth-order valence-electron chi connectivity index (χ4n) is 1.30. The predicted molar refractivity (Wildman–Crippen MR) is 80.6 cm³/mol. The summed E-state index contributed by atoms with van der Waals surface area (Å²) in [4.78, 5) is 44.3. The molecule has 10 heteroatoms. The molecule has 0 spiro atoms. The van der Waals surface area contributed by atoms with Crippen molar-refractivity contribution in [3.05, 3.63) is 0 Å². The first kappa shape index (κ1) is 19.6. The molecule has 0 fully saturated rings. The number of thiol groups is 2. The van der Waals surface area contributed by atoms with E-state index in [1.165, 1.54) is 0 Å². The van der Waals surface area contributed by atoms with E-state index in [0.717, 1.165) is 0 Å². The van der Waals surface area contributed by atoms with E-state index in [2.05, 4.69) is 35.9 Å². The normalized spacial score (nSPS) is 13.0. The maximum Gasteiger partial charge on any atom is 0.316 e. The van der Waals surface area contributed by atoms with Crippen LogP contribution < -0.4 is 10.6 Å². The van der Waals surface area contributed by atoms with Gasteiger partial charge in [-0.05, 0) is 6.42 Å². The number of carbonyl (C=O) groups is 4. The molecule has 8 nitrogen and oxygen atoms in total. The van der Waals surface area contributed by atoms with Crippen molar-refractivity contribution in [2.45, 2.75) is 6.42 Å². The molecule has 0 aromatic rings. The number of rotatable bonds is 10. The second-order valence-electron chi connectivity index (χ2n) is 4.08. The second-order valence-corrected chi connectivity index (χ2v) is 4.81. The Balaban J connectivity index is 3.96. The smallest absolute Gasteiger partial charge is 0.316 e. The zero-order valence-corrected chi connectivity index (χ0v) is 12.9. The molecular formula is C11H18N2O6S2. The Morgan fingerprint density at radius 3 is 1.38 bits per heavy atom. The van der Waals surface area contributed by atoms with Crippen LogP contribution in [0.15, 0.2) is 0 Å². The standard InChI is InChI=1S/C11H18N2O6S2/c14-8(6(4-20)10(16)17)12-2-1-3-13-9(15)7(5-21)11(18)19/h6-7,20-21H,1-5H2,(H,12,14)(H,13,15)(H,16,17)(H,18,19). The van der Waals surface area contributed by atoms with Gasteiger partial charge in [0.1, 0.15) is 11.8 Å². The SMILES string of the molecule is O=C(O)C(CS)C(=O)NCCCNC(=O)C(CS)C(=O)O. The van der Waals surface area contributed by atoms with Crippen molar-refractivity contribution < 1.29 is 29.4 Å². The van der Waals surface area contributed by atoms with Crippen molar-refractivity contribution in [3.8, 4) is 0 Å². The van der Waals surface area contributed by atoms with Gasteiger partial charge in [0.05, 0.1) is 0 Å². The number of carboxylic acids is 2. The summed E-state index contributed by atoms with van der Waals surface area (Å²) in [5, 5.41) is 22.3. The number of hydrogen-bond donors (Lipinski definition) is 6. The average molecular weight is 338 g/mol. The van der Waals surface area contributed by atoms with Crippen molar-refractivity contribution in [3.63, 3.8) is 0 Å². The van der Waals surface area contributed by atoms with E-state index in [1.54, 1.807) is 0 Å². The molecule has 0 radical (unpaired) electrons. The third-order valence-corrected chi connectivity index (χ3v) is 3.28. The van der Waals surface area contributed by atoms with Crippen LogP contribution in [-0.2, 0) is 19.2 Å². The van der Waals surface area contributed by atoms with Gasteiger partial charge in [0.15, 0.2) is 0 Å². The van der Waals surface area contributed by atoms with Gasteiger partial charge in [-0.15, -0.1) is 0 Å². The summed E-state index contributed by atoms with van der Waals surface area (Å²) in [5.41, 5.74) is 0. The quantitative estimate of drug-likeness (QED) is 0.170. The summed E-state index contributed by atoms with van der Waals surface area (Å²) in [6, 6.07) is 0. The molecule has 4 N–H and O–H groups in total. The van der Waals surface area contributed by atoms with E-state index in [-0.39, 0.29) is 24.6 Å². The Hall–Kier alpha value is -1.42. The van der Waals surface area contributed by atoms with Crippen LogP contribution >= 0.6 is 25.3 Å². The molecule has 0 aliphatic heterocycles. The zero-order valence-electron chi connectivity index (χ0n) is 11.1. The lowest BCUT2D eigenvalue weighted by Gasteiger charge is -2.12. The molecule has 2 amide bonds. The molecule has 0 saturated heterocycles. The highest BCUT2D eigenvalue weighted by molar-refractivity contribution is 7.80. The van der Waals surface area contributed by atoms with Gasteiger partial charge in [0.25, 0.3) is 0 Å². The van der Waals surface area contributed by atoms with Gasteiger partial charge >= 0.3 is 11.9 Å². The van der Waals surface area contributed by atoms with E-state index in [4.69, 9.17) is 10.2 Å². The largest absolute Gasteiger partial charge is 0.481 e.